The Balaban J connectivity index is 1.86. The van der Waals surface area contributed by atoms with Crippen LogP contribution in [-0.4, -0.2) is 48.6 Å². The maximum Gasteiger partial charge on any atom is 0.494 e. The van der Waals surface area contributed by atoms with Crippen LogP contribution in [0.2, 0.25) is 0 Å². The molecule has 0 atom stereocenters. The molecule has 136 valence electrons. The summed E-state index contributed by atoms with van der Waals surface area (Å²) in [6, 6.07) is 6.79. The molecular weight excluding hydrogens is 325 g/mol. The molecule has 0 aromatic heterocycles. The SMILES string of the molecule is CC1(C)OB(c2ccc(NC(=O)NCCNC(=O)O)cc2)OC1(C)C. The lowest BCUT2D eigenvalue weighted by Crippen LogP contribution is -2.41. The van der Waals surface area contributed by atoms with Gasteiger partial charge in [-0.15, -0.1) is 0 Å². The molecule has 1 aliphatic heterocycles. The predicted octanol–water partition coefficient (Wildman–Crippen LogP) is 1.37. The van der Waals surface area contributed by atoms with Crippen LogP contribution in [0.1, 0.15) is 27.7 Å². The summed E-state index contributed by atoms with van der Waals surface area (Å²) < 4.78 is 12.0. The Labute approximate surface area is 147 Å². The van der Waals surface area contributed by atoms with E-state index < -0.39 is 30.4 Å². The van der Waals surface area contributed by atoms with E-state index in [0.29, 0.717) is 5.69 Å². The number of amides is 3. The van der Waals surface area contributed by atoms with Gasteiger partial charge in [-0.1, -0.05) is 12.1 Å². The molecule has 1 aromatic carbocycles. The summed E-state index contributed by atoms with van der Waals surface area (Å²) in [4.78, 5) is 22.0. The van der Waals surface area contributed by atoms with Gasteiger partial charge in [-0.2, -0.15) is 0 Å². The monoisotopic (exact) mass is 349 g/mol. The van der Waals surface area contributed by atoms with E-state index in [4.69, 9.17) is 14.4 Å². The lowest BCUT2D eigenvalue weighted by Gasteiger charge is -2.32. The van der Waals surface area contributed by atoms with Crippen molar-refractivity contribution in [2.75, 3.05) is 18.4 Å². The van der Waals surface area contributed by atoms with Crippen LogP contribution in [0.25, 0.3) is 0 Å². The summed E-state index contributed by atoms with van der Waals surface area (Å²) >= 11 is 0. The van der Waals surface area contributed by atoms with E-state index in [-0.39, 0.29) is 13.1 Å². The summed E-state index contributed by atoms with van der Waals surface area (Å²) in [6.45, 7) is 8.31. The molecule has 1 fully saturated rings. The molecule has 1 heterocycles. The molecule has 1 aliphatic rings. The third-order valence-electron chi connectivity index (χ3n) is 4.38. The number of hydrogen-bond acceptors (Lipinski definition) is 4. The van der Waals surface area contributed by atoms with Gasteiger partial charge >= 0.3 is 19.2 Å². The van der Waals surface area contributed by atoms with Crippen molar-refractivity contribution in [3.8, 4) is 0 Å². The lowest BCUT2D eigenvalue weighted by molar-refractivity contribution is 0.00578. The van der Waals surface area contributed by atoms with Gasteiger partial charge in [0.25, 0.3) is 0 Å². The maximum absolute atomic E-state index is 11.7. The minimum Gasteiger partial charge on any atom is -0.465 e. The van der Waals surface area contributed by atoms with Crippen molar-refractivity contribution in [1.82, 2.24) is 10.6 Å². The Morgan fingerprint density at radius 3 is 2.04 bits per heavy atom. The Hall–Kier alpha value is -2.26. The topological polar surface area (TPSA) is 109 Å². The number of benzene rings is 1. The van der Waals surface area contributed by atoms with E-state index in [9.17, 15) is 9.59 Å². The van der Waals surface area contributed by atoms with Gasteiger partial charge < -0.3 is 30.4 Å². The van der Waals surface area contributed by atoms with Gasteiger partial charge in [-0.05, 0) is 45.3 Å². The molecule has 0 radical (unpaired) electrons. The highest BCUT2D eigenvalue weighted by Crippen LogP contribution is 2.36. The first-order valence-electron chi connectivity index (χ1n) is 8.08. The van der Waals surface area contributed by atoms with Crippen molar-refractivity contribution in [1.29, 1.82) is 0 Å². The standard InChI is InChI=1S/C16H24BN3O5/c1-15(2)16(3,4)25-17(24-15)11-5-7-12(8-6-11)20-13(21)18-9-10-19-14(22)23/h5-8,19H,9-10H2,1-4H3,(H,22,23)(H2,18,20,21). The van der Waals surface area contributed by atoms with Crippen molar-refractivity contribution < 1.29 is 24.0 Å². The Morgan fingerprint density at radius 2 is 1.52 bits per heavy atom. The average Bonchev–Trinajstić information content (AvgIpc) is 2.72. The first-order chi connectivity index (χ1) is 11.6. The number of nitrogens with one attached hydrogen (secondary N) is 3. The second-order valence-electron chi connectivity index (χ2n) is 6.82. The molecule has 1 aromatic rings. The number of rotatable bonds is 5. The number of carbonyl (C=O) groups is 2. The molecule has 0 spiro atoms. The number of urea groups is 1. The van der Waals surface area contributed by atoms with Crippen LogP contribution < -0.4 is 21.4 Å². The van der Waals surface area contributed by atoms with Crippen LogP contribution >= 0.6 is 0 Å². The number of carboxylic acid groups (broad SMARTS) is 1. The number of carbonyl (C=O) groups excluding carboxylic acids is 1. The third-order valence-corrected chi connectivity index (χ3v) is 4.38. The van der Waals surface area contributed by atoms with Crippen molar-refractivity contribution in [2.45, 2.75) is 38.9 Å². The van der Waals surface area contributed by atoms with Gasteiger partial charge in [0, 0.05) is 18.8 Å². The molecule has 3 amide bonds. The summed E-state index contributed by atoms with van der Waals surface area (Å²) in [5.41, 5.74) is 0.677. The summed E-state index contributed by atoms with van der Waals surface area (Å²) in [5.74, 6) is 0. The van der Waals surface area contributed by atoms with Gasteiger partial charge in [0.2, 0.25) is 0 Å². The largest absolute Gasteiger partial charge is 0.494 e. The zero-order valence-electron chi connectivity index (χ0n) is 14.9. The van der Waals surface area contributed by atoms with Crippen molar-refractivity contribution in [2.24, 2.45) is 0 Å². The molecule has 2 rings (SSSR count). The van der Waals surface area contributed by atoms with E-state index >= 15 is 0 Å². The highest BCUT2D eigenvalue weighted by atomic mass is 16.7. The van der Waals surface area contributed by atoms with Gasteiger partial charge in [-0.25, -0.2) is 9.59 Å². The quantitative estimate of drug-likeness (QED) is 0.474. The van der Waals surface area contributed by atoms with Gasteiger partial charge in [-0.3, -0.25) is 0 Å². The molecule has 4 N–H and O–H groups in total. The fraction of sp³-hybridized carbons (Fsp3) is 0.500. The zero-order chi connectivity index (χ0) is 18.7. The van der Waals surface area contributed by atoms with Crippen LogP contribution in [0.5, 0.6) is 0 Å². The van der Waals surface area contributed by atoms with E-state index in [1.54, 1.807) is 12.1 Å². The highest BCUT2D eigenvalue weighted by Gasteiger charge is 2.51. The minimum absolute atomic E-state index is 0.142. The van der Waals surface area contributed by atoms with Crippen LogP contribution in [0.15, 0.2) is 24.3 Å². The van der Waals surface area contributed by atoms with Crippen molar-refractivity contribution in [3.05, 3.63) is 24.3 Å². The van der Waals surface area contributed by atoms with Crippen LogP contribution in [0.3, 0.4) is 0 Å². The molecule has 9 heteroatoms. The number of hydrogen-bond donors (Lipinski definition) is 4. The molecule has 1 saturated heterocycles. The molecular formula is C16H24BN3O5. The first-order valence-corrected chi connectivity index (χ1v) is 8.08. The molecule has 25 heavy (non-hydrogen) atoms. The normalized spacial score (nSPS) is 17.8. The second-order valence-corrected chi connectivity index (χ2v) is 6.82. The lowest BCUT2D eigenvalue weighted by atomic mass is 9.79. The highest BCUT2D eigenvalue weighted by molar-refractivity contribution is 6.62. The molecule has 0 bridgehead atoms. The van der Waals surface area contributed by atoms with E-state index in [0.717, 1.165) is 5.46 Å². The summed E-state index contributed by atoms with van der Waals surface area (Å²) in [6.07, 6.45) is -1.12. The van der Waals surface area contributed by atoms with Crippen molar-refractivity contribution >= 4 is 30.4 Å². The molecule has 0 saturated carbocycles. The van der Waals surface area contributed by atoms with E-state index in [1.165, 1.54) is 0 Å². The smallest absolute Gasteiger partial charge is 0.465 e. The first kappa shape index (κ1) is 19.1. The Bertz CT molecular complexity index is 617. The van der Waals surface area contributed by atoms with Gasteiger partial charge in [0.1, 0.15) is 0 Å². The minimum atomic E-state index is -1.12. The van der Waals surface area contributed by atoms with E-state index in [1.807, 2.05) is 39.8 Å². The van der Waals surface area contributed by atoms with Gasteiger partial charge in [0.15, 0.2) is 0 Å². The fourth-order valence-corrected chi connectivity index (χ4v) is 2.22. The second kappa shape index (κ2) is 7.32. The van der Waals surface area contributed by atoms with Crippen LogP contribution in [0, 0.1) is 0 Å². The van der Waals surface area contributed by atoms with Crippen LogP contribution in [-0.2, 0) is 9.31 Å². The third kappa shape index (κ3) is 4.86. The fourth-order valence-electron chi connectivity index (χ4n) is 2.22. The maximum atomic E-state index is 11.7. The number of anilines is 1. The Kier molecular flexibility index (Phi) is 5.59. The van der Waals surface area contributed by atoms with Crippen LogP contribution in [0.4, 0.5) is 15.3 Å². The molecule has 0 unspecified atom stereocenters. The average molecular weight is 349 g/mol. The van der Waals surface area contributed by atoms with Gasteiger partial charge in [0.05, 0.1) is 11.2 Å². The van der Waals surface area contributed by atoms with E-state index in [2.05, 4.69) is 16.0 Å². The molecule has 0 aliphatic carbocycles. The summed E-state index contributed by atoms with van der Waals surface area (Å²) in [7, 11) is -0.449. The summed E-state index contributed by atoms with van der Waals surface area (Å²) in [5, 5.41) is 15.8. The zero-order valence-corrected chi connectivity index (χ0v) is 14.9. The molecule has 8 nitrogen and oxygen atoms in total. The van der Waals surface area contributed by atoms with Crippen molar-refractivity contribution in [3.63, 3.8) is 0 Å². The Morgan fingerprint density at radius 1 is 1.00 bits per heavy atom. The predicted molar refractivity (Wildman–Crippen MR) is 95.2 cm³/mol.